The van der Waals surface area contributed by atoms with Gasteiger partial charge in [0, 0.05) is 24.0 Å². The van der Waals surface area contributed by atoms with Crippen molar-refractivity contribution in [1.29, 1.82) is 0 Å². The van der Waals surface area contributed by atoms with Gasteiger partial charge in [0.15, 0.2) is 10.9 Å². The number of amides is 1. The Morgan fingerprint density at radius 2 is 2.00 bits per heavy atom. The van der Waals surface area contributed by atoms with Crippen LogP contribution in [-0.2, 0) is 0 Å². The zero-order valence-electron chi connectivity index (χ0n) is 12.8. The van der Waals surface area contributed by atoms with Crippen molar-refractivity contribution in [3.63, 3.8) is 0 Å². The lowest BCUT2D eigenvalue weighted by Crippen LogP contribution is -2.17. The number of anilines is 1. The Bertz CT molecular complexity index is 998. The fraction of sp³-hybridized carbons (Fsp3) is 0. The topological polar surface area (TPSA) is 98.5 Å². The quantitative estimate of drug-likeness (QED) is 0.607. The third-order valence-electron chi connectivity index (χ3n) is 3.29. The first-order valence-electron chi connectivity index (χ1n) is 7.30. The van der Waals surface area contributed by atoms with Crippen molar-refractivity contribution < 1.29 is 4.79 Å². The number of aromatic nitrogens is 6. The number of pyridine rings is 1. The minimum Gasteiger partial charge on any atom is -0.296 e. The van der Waals surface area contributed by atoms with Gasteiger partial charge in [0.05, 0.1) is 18.1 Å². The van der Waals surface area contributed by atoms with E-state index in [0.29, 0.717) is 22.3 Å². The van der Waals surface area contributed by atoms with E-state index in [-0.39, 0.29) is 5.91 Å². The second-order valence-electron chi connectivity index (χ2n) is 4.90. The normalized spacial score (nSPS) is 10.6. The molecule has 0 bridgehead atoms. The van der Waals surface area contributed by atoms with Gasteiger partial charge in [-0.2, -0.15) is 5.10 Å². The number of hydrogen-bond donors (Lipinski definition) is 1. The Morgan fingerprint density at radius 3 is 2.80 bits per heavy atom. The van der Waals surface area contributed by atoms with E-state index in [2.05, 4.69) is 30.4 Å². The summed E-state index contributed by atoms with van der Waals surface area (Å²) < 4.78 is 1.43. The molecule has 0 unspecified atom stereocenters. The molecule has 0 atom stereocenters. The predicted molar refractivity (Wildman–Crippen MR) is 92.5 cm³/mol. The van der Waals surface area contributed by atoms with Crippen molar-refractivity contribution >= 4 is 22.4 Å². The first kappa shape index (κ1) is 15.1. The SMILES string of the molecule is O=C(Nc1nc(-c2ccccn2)cs1)c1ccnn1-c1cnccn1. The monoisotopic (exact) mass is 349 g/mol. The molecule has 4 heterocycles. The van der Waals surface area contributed by atoms with Crippen LogP contribution in [0.3, 0.4) is 0 Å². The Kier molecular flexibility index (Phi) is 3.97. The average molecular weight is 349 g/mol. The van der Waals surface area contributed by atoms with Gasteiger partial charge in [0.2, 0.25) is 0 Å². The molecule has 1 amide bonds. The summed E-state index contributed by atoms with van der Waals surface area (Å²) in [6.07, 6.45) is 7.86. The van der Waals surface area contributed by atoms with Crippen LogP contribution in [0.15, 0.2) is 60.6 Å². The van der Waals surface area contributed by atoms with E-state index in [0.717, 1.165) is 5.69 Å². The van der Waals surface area contributed by atoms with E-state index in [1.54, 1.807) is 24.7 Å². The average Bonchev–Trinajstić information content (AvgIpc) is 3.33. The number of thiazole rings is 1. The summed E-state index contributed by atoms with van der Waals surface area (Å²) in [4.78, 5) is 29.3. The molecule has 122 valence electrons. The predicted octanol–water partition coefficient (Wildman–Crippen LogP) is 2.43. The number of hydrogen-bond acceptors (Lipinski definition) is 7. The lowest BCUT2D eigenvalue weighted by atomic mass is 10.3. The third-order valence-corrected chi connectivity index (χ3v) is 4.05. The molecule has 4 aromatic rings. The summed E-state index contributed by atoms with van der Waals surface area (Å²) in [5.74, 6) is 0.135. The highest BCUT2D eigenvalue weighted by molar-refractivity contribution is 7.14. The van der Waals surface area contributed by atoms with Gasteiger partial charge in [-0.15, -0.1) is 11.3 Å². The Labute approximate surface area is 146 Å². The summed E-state index contributed by atoms with van der Waals surface area (Å²) in [6.45, 7) is 0. The second kappa shape index (κ2) is 6.57. The molecule has 0 saturated carbocycles. The van der Waals surface area contributed by atoms with Crippen LogP contribution in [0.25, 0.3) is 17.2 Å². The second-order valence-corrected chi connectivity index (χ2v) is 5.76. The zero-order valence-corrected chi connectivity index (χ0v) is 13.6. The van der Waals surface area contributed by atoms with Gasteiger partial charge < -0.3 is 0 Å². The molecule has 0 aromatic carbocycles. The highest BCUT2D eigenvalue weighted by Crippen LogP contribution is 2.23. The van der Waals surface area contributed by atoms with Crippen molar-refractivity contribution in [2.24, 2.45) is 0 Å². The fourth-order valence-corrected chi connectivity index (χ4v) is 2.88. The van der Waals surface area contributed by atoms with Crippen LogP contribution < -0.4 is 5.32 Å². The maximum Gasteiger partial charge on any atom is 0.276 e. The largest absolute Gasteiger partial charge is 0.296 e. The smallest absolute Gasteiger partial charge is 0.276 e. The van der Waals surface area contributed by atoms with Crippen LogP contribution in [0.4, 0.5) is 5.13 Å². The minimum atomic E-state index is -0.329. The van der Waals surface area contributed by atoms with Crippen LogP contribution in [0.2, 0.25) is 0 Å². The molecule has 0 fully saturated rings. The number of rotatable bonds is 4. The summed E-state index contributed by atoms with van der Waals surface area (Å²) in [7, 11) is 0. The van der Waals surface area contributed by atoms with Crippen molar-refractivity contribution in [3.8, 4) is 17.2 Å². The molecular formula is C16H11N7OS. The summed E-state index contributed by atoms with van der Waals surface area (Å²) >= 11 is 1.33. The van der Waals surface area contributed by atoms with Gasteiger partial charge in [-0.25, -0.2) is 14.6 Å². The van der Waals surface area contributed by atoms with Gasteiger partial charge in [0.1, 0.15) is 11.4 Å². The molecule has 9 heteroatoms. The first-order valence-corrected chi connectivity index (χ1v) is 8.18. The standard InChI is InChI=1S/C16H11N7OS/c24-15(13-4-6-20-23(13)14-9-17-7-8-19-14)22-16-21-12(10-25-16)11-3-1-2-5-18-11/h1-10H,(H,21,22,24). The summed E-state index contributed by atoms with van der Waals surface area (Å²) in [6, 6.07) is 7.20. The molecule has 8 nitrogen and oxygen atoms in total. The van der Waals surface area contributed by atoms with E-state index in [1.165, 1.54) is 28.4 Å². The molecule has 1 N–H and O–H groups in total. The van der Waals surface area contributed by atoms with Crippen LogP contribution in [0.5, 0.6) is 0 Å². The molecule has 0 saturated heterocycles. The molecule has 0 spiro atoms. The van der Waals surface area contributed by atoms with Crippen LogP contribution in [-0.4, -0.2) is 35.6 Å². The molecule has 4 rings (SSSR count). The van der Waals surface area contributed by atoms with Crippen molar-refractivity contribution in [3.05, 3.63) is 66.3 Å². The Balaban J connectivity index is 1.56. The fourth-order valence-electron chi connectivity index (χ4n) is 2.18. The summed E-state index contributed by atoms with van der Waals surface area (Å²) in [5, 5.41) is 9.23. The third kappa shape index (κ3) is 3.12. The highest BCUT2D eigenvalue weighted by Gasteiger charge is 2.16. The Hall–Kier alpha value is -3.46. The Morgan fingerprint density at radius 1 is 1.04 bits per heavy atom. The van der Waals surface area contributed by atoms with Crippen LogP contribution >= 0.6 is 11.3 Å². The van der Waals surface area contributed by atoms with Crippen LogP contribution in [0.1, 0.15) is 10.5 Å². The van der Waals surface area contributed by atoms with Crippen molar-refractivity contribution in [2.75, 3.05) is 5.32 Å². The number of carbonyl (C=O) groups is 1. The van der Waals surface area contributed by atoms with E-state index in [1.807, 2.05) is 23.6 Å². The molecular weight excluding hydrogens is 338 g/mol. The summed E-state index contributed by atoms with van der Waals surface area (Å²) in [5.41, 5.74) is 1.81. The van der Waals surface area contributed by atoms with Crippen molar-refractivity contribution in [2.45, 2.75) is 0 Å². The molecule has 0 radical (unpaired) electrons. The lowest BCUT2D eigenvalue weighted by Gasteiger charge is -2.05. The maximum absolute atomic E-state index is 12.5. The lowest BCUT2D eigenvalue weighted by molar-refractivity contribution is 0.101. The first-order chi connectivity index (χ1) is 12.3. The molecule has 0 aliphatic carbocycles. The van der Waals surface area contributed by atoms with Gasteiger partial charge >= 0.3 is 0 Å². The van der Waals surface area contributed by atoms with E-state index >= 15 is 0 Å². The number of nitrogens with one attached hydrogen (secondary N) is 1. The molecule has 4 aromatic heterocycles. The van der Waals surface area contributed by atoms with E-state index < -0.39 is 0 Å². The van der Waals surface area contributed by atoms with Gasteiger partial charge in [-0.1, -0.05) is 6.07 Å². The molecule has 25 heavy (non-hydrogen) atoms. The van der Waals surface area contributed by atoms with E-state index in [4.69, 9.17) is 0 Å². The minimum absolute atomic E-state index is 0.329. The van der Waals surface area contributed by atoms with E-state index in [9.17, 15) is 4.79 Å². The van der Waals surface area contributed by atoms with Crippen molar-refractivity contribution in [1.82, 2.24) is 29.7 Å². The van der Waals surface area contributed by atoms with Gasteiger partial charge in [-0.3, -0.25) is 20.1 Å². The van der Waals surface area contributed by atoms with Gasteiger partial charge in [-0.05, 0) is 18.2 Å². The molecule has 0 aliphatic rings. The van der Waals surface area contributed by atoms with Crippen LogP contribution in [0, 0.1) is 0 Å². The number of nitrogens with zero attached hydrogens (tertiary/aromatic N) is 6. The van der Waals surface area contributed by atoms with Gasteiger partial charge in [0.25, 0.3) is 5.91 Å². The zero-order chi connectivity index (χ0) is 17.1. The molecule has 0 aliphatic heterocycles. The maximum atomic E-state index is 12.5. The number of carbonyl (C=O) groups excluding carboxylic acids is 1. The highest BCUT2D eigenvalue weighted by atomic mass is 32.1.